The van der Waals surface area contributed by atoms with E-state index >= 15 is 0 Å². The number of carbonyl (C=O) groups excluding carboxylic acids is 2. The molecular weight excluding hydrogens is 336 g/mol. The fourth-order valence-electron chi connectivity index (χ4n) is 3.72. The Morgan fingerprint density at radius 2 is 1.92 bits per heavy atom. The normalized spacial score (nSPS) is 19.8. The van der Waals surface area contributed by atoms with E-state index in [4.69, 9.17) is 0 Å². The Labute approximate surface area is 153 Å². The minimum atomic E-state index is -1.09. The van der Waals surface area contributed by atoms with Crippen molar-refractivity contribution in [2.45, 2.75) is 51.9 Å². The summed E-state index contributed by atoms with van der Waals surface area (Å²) in [6.45, 7) is 4.47. The zero-order valence-electron chi connectivity index (χ0n) is 15.5. The molecule has 2 rings (SSSR count). The van der Waals surface area contributed by atoms with Gasteiger partial charge in [0.25, 0.3) is 5.69 Å². The number of esters is 1. The molecule has 1 aromatic rings. The summed E-state index contributed by atoms with van der Waals surface area (Å²) in [5.41, 5.74) is 0.711. The Balaban J connectivity index is 2.12. The van der Waals surface area contributed by atoms with Crippen LogP contribution in [-0.4, -0.2) is 23.9 Å². The number of rotatable bonds is 5. The maximum absolute atomic E-state index is 11.6. The molecule has 1 N–H and O–H groups in total. The molecule has 0 spiro atoms. The highest BCUT2D eigenvalue weighted by molar-refractivity contribution is 6.37. The molecule has 1 aliphatic carbocycles. The van der Waals surface area contributed by atoms with Gasteiger partial charge in [-0.3, -0.25) is 14.9 Å². The first-order valence-electron chi connectivity index (χ1n) is 8.99. The lowest BCUT2D eigenvalue weighted by Gasteiger charge is -2.29. The van der Waals surface area contributed by atoms with Gasteiger partial charge in [-0.2, -0.15) is 0 Å². The topological polar surface area (TPSA) is 98.5 Å². The van der Waals surface area contributed by atoms with Crippen molar-refractivity contribution >= 4 is 23.3 Å². The van der Waals surface area contributed by atoms with Crippen molar-refractivity contribution in [2.75, 3.05) is 12.4 Å². The van der Waals surface area contributed by atoms with Crippen molar-refractivity contribution in [1.29, 1.82) is 0 Å². The molecular formula is C19H26N2O5. The predicted molar refractivity (Wildman–Crippen MR) is 97.9 cm³/mol. The zero-order chi connectivity index (χ0) is 19.3. The summed E-state index contributed by atoms with van der Waals surface area (Å²) in [6.07, 6.45) is 5.53. The minimum Gasteiger partial charge on any atom is -0.462 e. The number of anilines is 1. The maximum atomic E-state index is 11.6. The quantitative estimate of drug-likeness (QED) is 0.369. The zero-order valence-corrected chi connectivity index (χ0v) is 15.5. The Bertz CT molecular complexity index is 679. The van der Waals surface area contributed by atoms with Crippen molar-refractivity contribution in [1.82, 2.24) is 0 Å². The molecule has 1 aromatic carbocycles. The molecule has 0 aliphatic heterocycles. The summed E-state index contributed by atoms with van der Waals surface area (Å²) >= 11 is 0. The first kappa shape index (κ1) is 19.9. The van der Waals surface area contributed by atoms with Crippen molar-refractivity contribution in [3.63, 3.8) is 0 Å². The third kappa shape index (κ3) is 5.03. The number of ether oxygens (including phenoxy) is 1. The molecule has 0 aromatic heterocycles. The van der Waals surface area contributed by atoms with Crippen LogP contribution in [0.25, 0.3) is 0 Å². The molecule has 1 fully saturated rings. The van der Waals surface area contributed by atoms with Gasteiger partial charge in [0.2, 0.25) is 0 Å². The monoisotopic (exact) mass is 362 g/mol. The van der Waals surface area contributed by atoms with Gasteiger partial charge in [-0.1, -0.05) is 19.9 Å². The Morgan fingerprint density at radius 3 is 2.46 bits per heavy atom. The van der Waals surface area contributed by atoms with Crippen LogP contribution in [0.2, 0.25) is 0 Å². The summed E-state index contributed by atoms with van der Waals surface area (Å²) in [4.78, 5) is 33.7. The van der Waals surface area contributed by atoms with E-state index < -0.39 is 16.8 Å². The molecule has 0 heterocycles. The SMILES string of the molecule is COC(=O)C(=O)Nc1ccc([C@H]2CC[C@H](CC(C)C)CC2)cc1[N+](=O)[O-]. The van der Waals surface area contributed by atoms with E-state index in [0.29, 0.717) is 11.8 Å². The number of carbonyl (C=O) groups is 2. The minimum absolute atomic E-state index is 0.00245. The van der Waals surface area contributed by atoms with Crippen LogP contribution >= 0.6 is 0 Å². The van der Waals surface area contributed by atoms with Gasteiger partial charge < -0.3 is 10.1 Å². The van der Waals surface area contributed by atoms with Crippen molar-refractivity contribution in [3.8, 4) is 0 Å². The molecule has 1 aliphatic rings. The fourth-order valence-corrected chi connectivity index (χ4v) is 3.72. The van der Waals surface area contributed by atoms with Gasteiger partial charge in [-0.25, -0.2) is 4.79 Å². The van der Waals surface area contributed by atoms with Crippen LogP contribution in [0.15, 0.2) is 18.2 Å². The largest absolute Gasteiger partial charge is 0.462 e. The third-order valence-corrected chi connectivity index (χ3v) is 4.96. The second-order valence-electron chi connectivity index (χ2n) is 7.33. The number of nitro benzene ring substituents is 1. The van der Waals surface area contributed by atoms with Gasteiger partial charge in [0, 0.05) is 6.07 Å². The van der Waals surface area contributed by atoms with Crippen LogP contribution in [0.4, 0.5) is 11.4 Å². The molecule has 0 bridgehead atoms. The van der Waals surface area contributed by atoms with Crippen molar-refractivity contribution in [3.05, 3.63) is 33.9 Å². The van der Waals surface area contributed by atoms with Crippen molar-refractivity contribution < 1.29 is 19.2 Å². The number of nitrogens with one attached hydrogen (secondary N) is 1. The summed E-state index contributed by atoms with van der Waals surface area (Å²) in [6, 6.07) is 4.81. The highest BCUT2D eigenvalue weighted by Crippen LogP contribution is 2.40. The van der Waals surface area contributed by atoms with E-state index in [1.165, 1.54) is 18.6 Å². The smallest absolute Gasteiger partial charge is 0.396 e. The molecule has 142 valence electrons. The first-order chi connectivity index (χ1) is 12.3. The lowest BCUT2D eigenvalue weighted by Crippen LogP contribution is -2.24. The van der Waals surface area contributed by atoms with E-state index in [1.807, 2.05) is 0 Å². The van der Waals surface area contributed by atoms with E-state index in [9.17, 15) is 19.7 Å². The molecule has 0 radical (unpaired) electrons. The molecule has 0 atom stereocenters. The van der Waals surface area contributed by atoms with Crippen LogP contribution in [-0.2, 0) is 14.3 Å². The van der Waals surface area contributed by atoms with Gasteiger partial charge in [-0.15, -0.1) is 0 Å². The highest BCUT2D eigenvalue weighted by Gasteiger charge is 2.26. The van der Waals surface area contributed by atoms with Crippen LogP contribution in [0.5, 0.6) is 0 Å². The standard InChI is InChI=1S/C19H26N2O5/c1-12(2)10-13-4-6-14(7-5-13)15-8-9-16(17(11-15)21(24)25)20-18(22)19(23)26-3/h8-9,11-14H,4-7,10H2,1-3H3,(H,20,22)/t13-,14-. The Kier molecular flexibility index (Phi) is 6.71. The van der Waals surface area contributed by atoms with Gasteiger partial charge in [0.05, 0.1) is 12.0 Å². The fraction of sp³-hybridized carbons (Fsp3) is 0.579. The second-order valence-corrected chi connectivity index (χ2v) is 7.33. The molecule has 0 unspecified atom stereocenters. The summed E-state index contributed by atoms with van der Waals surface area (Å²) in [5.74, 6) is -0.401. The summed E-state index contributed by atoms with van der Waals surface area (Å²) in [7, 11) is 1.08. The van der Waals surface area contributed by atoms with Crippen LogP contribution in [0.3, 0.4) is 0 Å². The first-order valence-corrected chi connectivity index (χ1v) is 8.99. The number of methoxy groups -OCH3 is 1. The molecule has 7 heteroatoms. The Hall–Kier alpha value is -2.44. The van der Waals surface area contributed by atoms with Crippen LogP contribution in [0, 0.1) is 22.0 Å². The molecule has 0 saturated heterocycles. The number of hydrogen-bond donors (Lipinski definition) is 1. The number of nitrogens with zero attached hydrogens (tertiary/aromatic N) is 1. The highest BCUT2D eigenvalue weighted by atomic mass is 16.6. The van der Waals surface area contributed by atoms with Gasteiger partial charge in [-0.05, 0) is 61.5 Å². The lowest BCUT2D eigenvalue weighted by molar-refractivity contribution is -0.384. The van der Waals surface area contributed by atoms with Crippen LogP contribution < -0.4 is 5.32 Å². The molecule has 26 heavy (non-hydrogen) atoms. The van der Waals surface area contributed by atoms with E-state index in [0.717, 1.165) is 44.3 Å². The average Bonchev–Trinajstić information content (AvgIpc) is 2.61. The van der Waals surface area contributed by atoms with Crippen molar-refractivity contribution in [2.24, 2.45) is 11.8 Å². The maximum Gasteiger partial charge on any atom is 0.396 e. The number of benzene rings is 1. The molecule has 7 nitrogen and oxygen atoms in total. The van der Waals surface area contributed by atoms with Crippen LogP contribution in [0.1, 0.15) is 57.4 Å². The number of nitro groups is 1. The van der Waals surface area contributed by atoms with E-state index in [2.05, 4.69) is 23.9 Å². The predicted octanol–water partition coefficient (Wildman–Crippen LogP) is 4.03. The van der Waals surface area contributed by atoms with Gasteiger partial charge in [0.1, 0.15) is 5.69 Å². The summed E-state index contributed by atoms with van der Waals surface area (Å²) in [5, 5.41) is 13.6. The lowest BCUT2D eigenvalue weighted by atomic mass is 9.76. The third-order valence-electron chi connectivity index (χ3n) is 4.96. The summed E-state index contributed by atoms with van der Waals surface area (Å²) < 4.78 is 4.32. The second kappa shape index (κ2) is 8.78. The number of amides is 1. The Morgan fingerprint density at radius 1 is 1.27 bits per heavy atom. The average molecular weight is 362 g/mol. The molecule has 1 amide bonds. The van der Waals surface area contributed by atoms with Gasteiger partial charge in [0.15, 0.2) is 0 Å². The van der Waals surface area contributed by atoms with Gasteiger partial charge >= 0.3 is 11.9 Å². The van der Waals surface area contributed by atoms with E-state index in [1.54, 1.807) is 6.07 Å². The molecule has 1 saturated carbocycles. The number of hydrogen-bond acceptors (Lipinski definition) is 5. The van der Waals surface area contributed by atoms with E-state index in [-0.39, 0.29) is 11.4 Å².